The molecule has 0 amide bonds. The highest BCUT2D eigenvalue weighted by Crippen LogP contribution is 2.37. The molecule has 1 aliphatic rings. The standard InChI is InChI=1S/C61H58N2/c1-46(2)53-34-22-47(23-35-53)16-18-49-26-38-57(39-27-49)62(55-12-8-6-9-13-55)59-42-30-51(31-43-59)20-21-52-32-44-60(45-33-52)63(56-14-10-7-11-15-56)58-40-28-50(29-41-58)19-17-48-24-36-54(37-25-48)61(3,4)5/h6-24,26-36,38-46H,25,37H2,1-5H3/b18-16+,19-17+,21-20+. The molecular formula is C61H58N2. The normalized spacial score (nSPS) is 13.2. The zero-order valence-corrected chi connectivity index (χ0v) is 37.3. The maximum absolute atomic E-state index is 2.32. The third-order valence-corrected chi connectivity index (χ3v) is 11.8. The van der Waals surface area contributed by atoms with Crippen LogP contribution in [0, 0.1) is 5.41 Å². The molecule has 0 spiro atoms. The molecule has 0 aliphatic heterocycles. The zero-order chi connectivity index (χ0) is 43.6. The maximum atomic E-state index is 2.32. The smallest absolute Gasteiger partial charge is 0.0462 e. The van der Waals surface area contributed by atoms with Crippen molar-refractivity contribution in [2.45, 2.75) is 53.4 Å². The van der Waals surface area contributed by atoms with Gasteiger partial charge in [-0.3, -0.25) is 0 Å². The average molecular weight is 819 g/mol. The van der Waals surface area contributed by atoms with Gasteiger partial charge in [0.2, 0.25) is 0 Å². The van der Waals surface area contributed by atoms with Crippen LogP contribution in [0.1, 0.15) is 86.8 Å². The van der Waals surface area contributed by atoms with Gasteiger partial charge in [-0.05, 0) is 136 Å². The Morgan fingerprint density at radius 2 is 0.683 bits per heavy atom. The fourth-order valence-electron chi connectivity index (χ4n) is 7.98. The second kappa shape index (κ2) is 19.7. The van der Waals surface area contributed by atoms with Gasteiger partial charge < -0.3 is 9.80 Å². The number of nitrogens with zero attached hydrogens (tertiary/aromatic N) is 2. The van der Waals surface area contributed by atoms with Gasteiger partial charge in [0.25, 0.3) is 0 Å². The highest BCUT2D eigenvalue weighted by atomic mass is 15.1. The predicted octanol–water partition coefficient (Wildman–Crippen LogP) is 17.8. The number of hydrogen-bond donors (Lipinski definition) is 0. The quantitative estimate of drug-likeness (QED) is 0.107. The minimum atomic E-state index is 0.235. The van der Waals surface area contributed by atoms with Crippen LogP contribution in [0.5, 0.6) is 0 Å². The van der Waals surface area contributed by atoms with Crippen LogP contribution < -0.4 is 9.80 Å². The molecule has 0 saturated carbocycles. The molecule has 0 bridgehead atoms. The Hall–Kier alpha value is -7.16. The summed E-state index contributed by atoms with van der Waals surface area (Å²) in [6, 6.07) is 65.3. The first kappa shape index (κ1) is 42.5. The summed E-state index contributed by atoms with van der Waals surface area (Å²) in [5.74, 6) is 0.534. The second-order valence-electron chi connectivity index (χ2n) is 17.7. The molecule has 312 valence electrons. The summed E-state index contributed by atoms with van der Waals surface area (Å²) in [6.07, 6.45) is 20.1. The number of allylic oxidation sites excluding steroid dienone is 5. The van der Waals surface area contributed by atoms with Crippen LogP contribution in [0.4, 0.5) is 34.1 Å². The molecule has 0 fully saturated rings. The van der Waals surface area contributed by atoms with Gasteiger partial charge in [0, 0.05) is 34.1 Å². The molecule has 0 N–H and O–H groups in total. The van der Waals surface area contributed by atoms with E-state index in [9.17, 15) is 0 Å². The van der Waals surface area contributed by atoms with Crippen molar-refractivity contribution >= 4 is 64.5 Å². The summed E-state index contributed by atoms with van der Waals surface area (Å²) in [5.41, 5.74) is 17.0. The summed E-state index contributed by atoms with van der Waals surface area (Å²) < 4.78 is 0. The van der Waals surface area contributed by atoms with Crippen molar-refractivity contribution in [3.63, 3.8) is 0 Å². The predicted molar refractivity (Wildman–Crippen MR) is 275 cm³/mol. The lowest BCUT2D eigenvalue weighted by atomic mass is 9.80. The SMILES string of the molecule is CC(C)c1ccc(/C=C/c2ccc(N(c3ccccc3)c3ccc(/C=C/c4ccc(N(c5ccccc5)c5ccc(/C=C/C6=CC=C(C(C)(C)C)CC6)cc5)cc4)cc3)cc2)cc1. The molecule has 0 radical (unpaired) electrons. The van der Waals surface area contributed by atoms with Gasteiger partial charge in [-0.1, -0.05) is 198 Å². The third-order valence-electron chi connectivity index (χ3n) is 11.8. The van der Waals surface area contributed by atoms with E-state index in [0.29, 0.717) is 5.92 Å². The van der Waals surface area contributed by atoms with E-state index < -0.39 is 0 Å². The maximum Gasteiger partial charge on any atom is 0.0462 e. The summed E-state index contributed by atoms with van der Waals surface area (Å²) in [6.45, 7) is 11.4. The molecule has 2 heteroatoms. The summed E-state index contributed by atoms with van der Waals surface area (Å²) >= 11 is 0. The van der Waals surface area contributed by atoms with Crippen LogP contribution in [0.25, 0.3) is 30.4 Å². The van der Waals surface area contributed by atoms with Crippen molar-refractivity contribution in [2.75, 3.05) is 9.80 Å². The average Bonchev–Trinajstić information content (AvgIpc) is 3.32. The van der Waals surface area contributed by atoms with E-state index in [0.717, 1.165) is 58.1 Å². The number of benzene rings is 7. The summed E-state index contributed by atoms with van der Waals surface area (Å²) in [4.78, 5) is 4.62. The van der Waals surface area contributed by atoms with E-state index >= 15 is 0 Å². The zero-order valence-electron chi connectivity index (χ0n) is 37.3. The highest BCUT2D eigenvalue weighted by molar-refractivity contribution is 5.81. The van der Waals surface area contributed by atoms with Crippen LogP contribution in [0.15, 0.2) is 211 Å². The first-order valence-electron chi connectivity index (χ1n) is 22.3. The molecule has 63 heavy (non-hydrogen) atoms. The van der Waals surface area contributed by atoms with Gasteiger partial charge in [-0.2, -0.15) is 0 Å². The van der Waals surface area contributed by atoms with Crippen LogP contribution in [-0.4, -0.2) is 0 Å². The number of hydrogen-bond acceptors (Lipinski definition) is 2. The molecule has 0 saturated heterocycles. The molecule has 0 heterocycles. The van der Waals surface area contributed by atoms with Gasteiger partial charge in [0.1, 0.15) is 0 Å². The summed E-state index contributed by atoms with van der Waals surface area (Å²) in [5, 5.41) is 0. The Balaban J connectivity index is 0.955. The van der Waals surface area contributed by atoms with E-state index in [2.05, 4.69) is 275 Å². The van der Waals surface area contributed by atoms with Crippen LogP contribution in [0.3, 0.4) is 0 Å². The van der Waals surface area contributed by atoms with Gasteiger partial charge >= 0.3 is 0 Å². The van der Waals surface area contributed by atoms with Crippen molar-refractivity contribution < 1.29 is 0 Å². The lowest BCUT2D eigenvalue weighted by molar-refractivity contribution is 0.480. The first-order chi connectivity index (χ1) is 30.7. The number of anilines is 6. The Labute approximate surface area is 376 Å². The molecule has 8 rings (SSSR count). The summed E-state index contributed by atoms with van der Waals surface area (Å²) in [7, 11) is 0. The second-order valence-corrected chi connectivity index (χ2v) is 17.7. The van der Waals surface area contributed by atoms with Gasteiger partial charge in [0.05, 0.1) is 0 Å². The van der Waals surface area contributed by atoms with E-state index in [1.165, 1.54) is 33.4 Å². The third kappa shape index (κ3) is 11.0. The van der Waals surface area contributed by atoms with Crippen molar-refractivity contribution in [1.29, 1.82) is 0 Å². The van der Waals surface area contributed by atoms with Crippen molar-refractivity contribution in [3.8, 4) is 0 Å². The van der Waals surface area contributed by atoms with Crippen molar-refractivity contribution in [2.24, 2.45) is 5.41 Å². The molecular weight excluding hydrogens is 761 g/mol. The van der Waals surface area contributed by atoms with E-state index in [1.54, 1.807) is 0 Å². The molecule has 0 unspecified atom stereocenters. The Morgan fingerprint density at radius 1 is 0.365 bits per heavy atom. The fraction of sp³-hybridized carbons (Fsp3) is 0.148. The van der Waals surface area contributed by atoms with Gasteiger partial charge in [0.15, 0.2) is 0 Å². The monoisotopic (exact) mass is 818 g/mol. The molecule has 0 aromatic heterocycles. The lowest BCUT2D eigenvalue weighted by Crippen LogP contribution is -2.11. The van der Waals surface area contributed by atoms with Gasteiger partial charge in [-0.25, -0.2) is 0 Å². The minimum absolute atomic E-state index is 0.235. The van der Waals surface area contributed by atoms with Crippen LogP contribution >= 0.6 is 0 Å². The van der Waals surface area contributed by atoms with E-state index in [4.69, 9.17) is 0 Å². The van der Waals surface area contributed by atoms with Crippen molar-refractivity contribution in [1.82, 2.24) is 0 Å². The minimum Gasteiger partial charge on any atom is -0.311 e. The van der Waals surface area contributed by atoms with Gasteiger partial charge in [-0.15, -0.1) is 0 Å². The number of para-hydroxylation sites is 2. The Morgan fingerprint density at radius 3 is 0.984 bits per heavy atom. The fourth-order valence-corrected chi connectivity index (χ4v) is 7.98. The Kier molecular flexibility index (Phi) is 13.3. The van der Waals surface area contributed by atoms with E-state index in [1.807, 2.05) is 0 Å². The molecule has 2 nitrogen and oxygen atoms in total. The van der Waals surface area contributed by atoms with E-state index in [-0.39, 0.29) is 5.41 Å². The lowest BCUT2D eigenvalue weighted by Gasteiger charge is -2.26. The molecule has 7 aromatic rings. The molecule has 1 aliphatic carbocycles. The molecule has 0 atom stereocenters. The Bertz CT molecular complexity index is 2710. The molecule has 7 aromatic carbocycles. The van der Waals surface area contributed by atoms with Crippen LogP contribution in [-0.2, 0) is 0 Å². The van der Waals surface area contributed by atoms with Crippen LogP contribution in [0.2, 0.25) is 0 Å². The highest BCUT2D eigenvalue weighted by Gasteiger charge is 2.18. The topological polar surface area (TPSA) is 6.48 Å². The van der Waals surface area contributed by atoms with Crippen molar-refractivity contribution in [3.05, 3.63) is 245 Å². The largest absolute Gasteiger partial charge is 0.311 e. The number of rotatable bonds is 13. The first-order valence-corrected chi connectivity index (χ1v) is 22.3.